The van der Waals surface area contributed by atoms with Crippen molar-refractivity contribution in [3.05, 3.63) is 102 Å². The fraction of sp³-hybridized carbons (Fsp3) is 0.0870. The fourth-order valence-electron chi connectivity index (χ4n) is 3.55. The molecule has 0 amide bonds. The minimum absolute atomic E-state index is 0.0749. The first-order chi connectivity index (χ1) is 14.5. The molecule has 0 aliphatic carbocycles. The van der Waals surface area contributed by atoms with E-state index in [9.17, 15) is 13.2 Å². The Bertz CT molecular complexity index is 1300. The average molecular weight is 420 g/mol. The first-order valence-corrected chi connectivity index (χ1v) is 10.9. The number of para-hydroxylation sites is 1. The van der Waals surface area contributed by atoms with E-state index in [1.165, 1.54) is 18.2 Å². The van der Waals surface area contributed by atoms with Crippen LogP contribution in [-0.4, -0.2) is 31.0 Å². The van der Waals surface area contributed by atoms with Crippen molar-refractivity contribution in [3.63, 3.8) is 0 Å². The number of H-pyrrole nitrogens is 1. The van der Waals surface area contributed by atoms with Gasteiger partial charge in [-0.1, -0.05) is 54.6 Å². The number of aromatic nitrogens is 1. The summed E-state index contributed by atoms with van der Waals surface area (Å²) in [7, 11) is -3.89. The van der Waals surface area contributed by atoms with E-state index in [1.54, 1.807) is 0 Å². The molecule has 1 aromatic heterocycles. The summed E-state index contributed by atoms with van der Waals surface area (Å²) >= 11 is 0. The Hall–Kier alpha value is -3.42. The van der Waals surface area contributed by atoms with Crippen molar-refractivity contribution in [2.75, 3.05) is 6.54 Å². The van der Waals surface area contributed by atoms with Crippen molar-refractivity contribution in [1.29, 1.82) is 0 Å². The number of nitrogens with one attached hydrogen (secondary N) is 2. The molecule has 0 fully saturated rings. The van der Waals surface area contributed by atoms with E-state index in [-0.39, 0.29) is 22.9 Å². The van der Waals surface area contributed by atoms with Crippen molar-refractivity contribution >= 4 is 26.9 Å². The van der Waals surface area contributed by atoms with Gasteiger partial charge in [0.05, 0.1) is 10.5 Å². The van der Waals surface area contributed by atoms with Gasteiger partial charge in [-0.2, -0.15) is 0 Å². The maximum atomic E-state index is 12.9. The molecule has 4 aromatic rings. The van der Waals surface area contributed by atoms with Gasteiger partial charge in [0.15, 0.2) is 0 Å². The Labute approximate surface area is 174 Å². The Morgan fingerprint density at radius 2 is 1.70 bits per heavy atom. The Kier molecular flexibility index (Phi) is 5.39. The first-order valence-electron chi connectivity index (χ1n) is 9.40. The maximum absolute atomic E-state index is 12.9. The summed E-state index contributed by atoms with van der Waals surface area (Å²) in [4.78, 5) is 14.4. The summed E-state index contributed by atoms with van der Waals surface area (Å²) in [5.74, 6) is -1.40. The Balaban J connectivity index is 1.68. The van der Waals surface area contributed by atoms with Crippen LogP contribution in [0.1, 0.15) is 27.4 Å². The summed E-state index contributed by atoms with van der Waals surface area (Å²) in [6, 6.07) is 22.9. The van der Waals surface area contributed by atoms with E-state index < -0.39 is 16.0 Å². The van der Waals surface area contributed by atoms with Gasteiger partial charge in [0.25, 0.3) is 0 Å². The number of carboxylic acid groups (broad SMARTS) is 1. The molecule has 6 nitrogen and oxygen atoms in total. The van der Waals surface area contributed by atoms with Gasteiger partial charge in [-0.15, -0.1) is 0 Å². The predicted molar refractivity (Wildman–Crippen MR) is 115 cm³/mol. The topological polar surface area (TPSA) is 99.3 Å². The van der Waals surface area contributed by atoms with Gasteiger partial charge < -0.3 is 10.1 Å². The summed E-state index contributed by atoms with van der Waals surface area (Å²) in [6.07, 6.45) is 1.90. The second kappa shape index (κ2) is 8.14. The van der Waals surface area contributed by atoms with Crippen molar-refractivity contribution < 1.29 is 18.3 Å². The molecule has 4 rings (SSSR count). The number of hydrogen-bond donors (Lipinski definition) is 3. The van der Waals surface area contributed by atoms with Gasteiger partial charge >= 0.3 is 5.97 Å². The molecule has 30 heavy (non-hydrogen) atoms. The van der Waals surface area contributed by atoms with Crippen LogP contribution in [0.2, 0.25) is 0 Å². The zero-order valence-corrected chi connectivity index (χ0v) is 16.8. The van der Waals surface area contributed by atoms with Gasteiger partial charge in [-0.25, -0.2) is 17.9 Å². The van der Waals surface area contributed by atoms with E-state index in [1.807, 2.05) is 60.8 Å². The summed E-state index contributed by atoms with van der Waals surface area (Å²) < 4.78 is 28.4. The Morgan fingerprint density at radius 3 is 2.47 bits per heavy atom. The highest BCUT2D eigenvalue weighted by Gasteiger charge is 2.22. The molecule has 0 saturated heterocycles. The lowest BCUT2D eigenvalue weighted by atomic mass is 9.91. The second-order valence-electron chi connectivity index (χ2n) is 6.94. The molecule has 0 saturated carbocycles. The lowest BCUT2D eigenvalue weighted by Crippen LogP contribution is -2.29. The third-order valence-electron chi connectivity index (χ3n) is 5.07. The van der Waals surface area contributed by atoms with Crippen LogP contribution < -0.4 is 4.72 Å². The smallest absolute Gasteiger partial charge is 0.335 e. The second-order valence-corrected chi connectivity index (χ2v) is 8.70. The molecule has 3 N–H and O–H groups in total. The number of carbonyl (C=O) groups is 1. The third-order valence-corrected chi connectivity index (χ3v) is 6.49. The number of sulfonamides is 1. The van der Waals surface area contributed by atoms with E-state index in [2.05, 4.69) is 9.71 Å². The summed E-state index contributed by atoms with van der Waals surface area (Å²) in [5, 5.41) is 10.2. The van der Waals surface area contributed by atoms with Crippen LogP contribution in [0.15, 0.2) is 90.0 Å². The molecule has 0 bridgehead atoms. The predicted octanol–water partition coefficient (Wildman–Crippen LogP) is 3.98. The number of aromatic carboxylic acids is 1. The monoisotopic (exact) mass is 420 g/mol. The molecular formula is C23H20N2O4S. The molecule has 7 heteroatoms. The zero-order valence-electron chi connectivity index (χ0n) is 15.9. The largest absolute Gasteiger partial charge is 0.478 e. The van der Waals surface area contributed by atoms with Crippen LogP contribution >= 0.6 is 0 Å². The molecule has 1 heterocycles. The van der Waals surface area contributed by atoms with Crippen LogP contribution in [0, 0.1) is 0 Å². The summed E-state index contributed by atoms with van der Waals surface area (Å²) in [5.41, 5.74) is 2.86. The van der Waals surface area contributed by atoms with E-state index in [4.69, 9.17) is 5.11 Å². The number of fused-ring (bicyclic) bond motifs is 1. The minimum atomic E-state index is -3.89. The normalized spacial score (nSPS) is 12.7. The molecular weight excluding hydrogens is 400 g/mol. The van der Waals surface area contributed by atoms with Gasteiger partial charge in [0, 0.05) is 29.6 Å². The zero-order chi connectivity index (χ0) is 21.1. The van der Waals surface area contributed by atoms with Crippen molar-refractivity contribution in [3.8, 4) is 0 Å². The molecule has 0 spiro atoms. The van der Waals surface area contributed by atoms with Crippen LogP contribution in [0.4, 0.5) is 0 Å². The highest BCUT2D eigenvalue weighted by molar-refractivity contribution is 7.89. The van der Waals surface area contributed by atoms with Gasteiger partial charge in [0.2, 0.25) is 10.0 Å². The molecule has 0 radical (unpaired) electrons. The molecule has 1 atom stereocenters. The van der Waals surface area contributed by atoms with Crippen molar-refractivity contribution in [1.82, 2.24) is 9.71 Å². The van der Waals surface area contributed by atoms with Gasteiger partial charge in [-0.3, -0.25) is 0 Å². The highest BCUT2D eigenvalue weighted by atomic mass is 32.2. The maximum Gasteiger partial charge on any atom is 0.335 e. The standard InChI is InChI=1S/C23H20N2O4S/c26-23(27)17-9-6-10-18(13-17)30(28,29)25-15-20(16-7-2-1-3-8-16)21-14-24-22-12-5-4-11-19(21)22/h1-14,20,24-25H,15H2,(H,26,27). The first kappa shape index (κ1) is 19.9. The number of carboxylic acids is 1. The van der Waals surface area contributed by atoms with E-state index in [0.717, 1.165) is 28.1 Å². The molecule has 0 aliphatic heterocycles. The number of aromatic amines is 1. The minimum Gasteiger partial charge on any atom is -0.478 e. The van der Waals surface area contributed by atoms with Crippen molar-refractivity contribution in [2.45, 2.75) is 10.8 Å². The highest BCUT2D eigenvalue weighted by Crippen LogP contribution is 2.30. The lowest BCUT2D eigenvalue weighted by Gasteiger charge is -2.18. The SMILES string of the molecule is O=C(O)c1cccc(S(=O)(=O)NCC(c2ccccc2)c2c[nH]c3ccccc23)c1. The summed E-state index contributed by atoms with van der Waals surface area (Å²) in [6.45, 7) is 0.130. The fourth-order valence-corrected chi connectivity index (χ4v) is 4.64. The number of rotatable bonds is 7. The van der Waals surface area contributed by atoms with Gasteiger partial charge in [-0.05, 0) is 35.4 Å². The van der Waals surface area contributed by atoms with Crippen LogP contribution in [0.25, 0.3) is 10.9 Å². The average Bonchev–Trinajstić information content (AvgIpc) is 3.19. The lowest BCUT2D eigenvalue weighted by molar-refractivity contribution is 0.0696. The van der Waals surface area contributed by atoms with Crippen LogP contribution in [0.5, 0.6) is 0 Å². The quantitative estimate of drug-likeness (QED) is 0.421. The molecule has 1 unspecified atom stereocenters. The third kappa shape index (κ3) is 3.98. The Morgan fingerprint density at radius 1 is 0.967 bits per heavy atom. The molecule has 152 valence electrons. The van der Waals surface area contributed by atoms with Gasteiger partial charge in [0.1, 0.15) is 0 Å². The van der Waals surface area contributed by atoms with Crippen molar-refractivity contribution in [2.24, 2.45) is 0 Å². The van der Waals surface area contributed by atoms with E-state index >= 15 is 0 Å². The molecule has 3 aromatic carbocycles. The van der Waals surface area contributed by atoms with E-state index in [0.29, 0.717) is 0 Å². The molecule has 0 aliphatic rings. The van der Waals surface area contributed by atoms with Crippen LogP contribution in [0.3, 0.4) is 0 Å². The van der Waals surface area contributed by atoms with Crippen LogP contribution in [-0.2, 0) is 10.0 Å². The number of hydrogen-bond acceptors (Lipinski definition) is 3. The number of benzene rings is 3.